The molecule has 0 spiro atoms. The highest BCUT2D eigenvalue weighted by Gasteiger charge is 2.46. The van der Waals surface area contributed by atoms with Crippen LogP contribution in [0.5, 0.6) is 0 Å². The van der Waals surface area contributed by atoms with Crippen LogP contribution in [0.25, 0.3) is 0 Å². The number of amides is 1. The van der Waals surface area contributed by atoms with Crippen LogP contribution < -0.4 is 10.9 Å². The van der Waals surface area contributed by atoms with Crippen LogP contribution >= 0.6 is 0 Å². The number of rotatable bonds is 4. The molecule has 2 N–H and O–H groups in total. The Labute approximate surface area is 186 Å². The van der Waals surface area contributed by atoms with Crippen molar-refractivity contribution >= 4 is 11.6 Å². The number of carbonyl (C=O) groups excluding carboxylic acids is 1. The molecule has 1 unspecified atom stereocenters. The number of aromatic nitrogens is 1. The van der Waals surface area contributed by atoms with E-state index in [1.807, 2.05) is 11.9 Å². The van der Waals surface area contributed by atoms with Gasteiger partial charge in [-0.25, -0.2) is 10.9 Å². The number of nitrogens with two attached hydrogens (primary N) is 1. The summed E-state index contributed by atoms with van der Waals surface area (Å²) in [5, 5.41) is 0.345. The lowest BCUT2D eigenvalue weighted by atomic mass is 9.91. The van der Waals surface area contributed by atoms with E-state index in [2.05, 4.69) is 4.98 Å². The number of carbonyl (C=O) groups is 1. The predicted molar refractivity (Wildman–Crippen MR) is 109 cm³/mol. The molecule has 180 valence electrons. The summed E-state index contributed by atoms with van der Waals surface area (Å²) in [6.45, 7) is 3.55. The molecule has 1 fully saturated rings. The van der Waals surface area contributed by atoms with Crippen molar-refractivity contribution in [1.29, 1.82) is 0 Å². The molecule has 1 aromatic heterocycles. The summed E-state index contributed by atoms with van der Waals surface area (Å²) in [4.78, 5) is 21.7. The van der Waals surface area contributed by atoms with Crippen molar-refractivity contribution in [1.82, 2.24) is 14.8 Å². The Balaban J connectivity index is 2.09. The second-order valence-electron chi connectivity index (χ2n) is 8.02. The Morgan fingerprint density at radius 2 is 1.52 bits per heavy atom. The topological polar surface area (TPSA) is 65.7 Å². The monoisotopic (exact) mass is 475 g/mol. The zero-order valence-electron chi connectivity index (χ0n) is 17.9. The fourth-order valence-corrected chi connectivity index (χ4v) is 3.74. The molecular formula is C21H23F6N5O. The zero-order chi connectivity index (χ0) is 24.6. The largest absolute Gasteiger partial charge is 0.416 e. The fraction of sp³-hybridized carbons (Fsp3) is 0.429. The maximum absolute atomic E-state index is 13.6. The third kappa shape index (κ3) is 5.12. The molecule has 2 aromatic rings. The molecule has 12 heteroatoms. The van der Waals surface area contributed by atoms with Crippen molar-refractivity contribution in [2.45, 2.75) is 24.8 Å². The number of pyridine rings is 1. The smallest absolute Gasteiger partial charge is 0.304 e. The van der Waals surface area contributed by atoms with Crippen LogP contribution in [-0.2, 0) is 22.7 Å². The summed E-state index contributed by atoms with van der Waals surface area (Å²) < 4.78 is 79.8. The minimum absolute atomic E-state index is 0.0137. The first-order valence-corrected chi connectivity index (χ1v) is 9.98. The second-order valence-corrected chi connectivity index (χ2v) is 8.02. The first-order valence-electron chi connectivity index (χ1n) is 9.98. The van der Waals surface area contributed by atoms with Crippen molar-refractivity contribution in [3.05, 3.63) is 59.4 Å². The van der Waals surface area contributed by atoms with Crippen LogP contribution in [0.15, 0.2) is 42.6 Å². The third-order valence-electron chi connectivity index (χ3n) is 5.79. The fourth-order valence-electron chi connectivity index (χ4n) is 3.74. The maximum Gasteiger partial charge on any atom is 0.416 e. The van der Waals surface area contributed by atoms with Crippen molar-refractivity contribution < 1.29 is 31.1 Å². The van der Waals surface area contributed by atoms with Gasteiger partial charge in [-0.15, -0.1) is 0 Å². The molecule has 0 radical (unpaired) electrons. The summed E-state index contributed by atoms with van der Waals surface area (Å²) in [5.74, 6) is 5.00. The van der Waals surface area contributed by atoms with Gasteiger partial charge in [0.25, 0.3) is 5.91 Å². The molecule has 3 rings (SSSR count). The Kier molecular flexibility index (Phi) is 6.74. The molecule has 33 heavy (non-hydrogen) atoms. The van der Waals surface area contributed by atoms with E-state index in [0.717, 1.165) is 0 Å². The predicted octanol–water partition coefficient (Wildman–Crippen LogP) is 3.49. The first-order chi connectivity index (χ1) is 15.2. The van der Waals surface area contributed by atoms with Crippen molar-refractivity contribution in [3.8, 4) is 0 Å². The molecule has 1 aliphatic rings. The number of hydrogen-bond acceptors (Lipinski definition) is 5. The molecule has 1 aromatic carbocycles. The summed E-state index contributed by atoms with van der Waals surface area (Å²) in [7, 11) is 1.90. The van der Waals surface area contributed by atoms with Gasteiger partial charge in [0.1, 0.15) is 5.54 Å². The van der Waals surface area contributed by atoms with Gasteiger partial charge in [-0.3, -0.25) is 14.7 Å². The van der Waals surface area contributed by atoms with E-state index in [4.69, 9.17) is 5.84 Å². The molecule has 1 amide bonds. The van der Waals surface area contributed by atoms with Gasteiger partial charge in [0.15, 0.2) is 0 Å². The molecule has 6 nitrogen and oxygen atoms in total. The highest BCUT2D eigenvalue weighted by atomic mass is 19.4. The number of alkyl halides is 6. The molecule has 0 saturated carbocycles. The number of anilines is 1. The van der Waals surface area contributed by atoms with E-state index >= 15 is 0 Å². The minimum Gasteiger partial charge on any atom is -0.304 e. The van der Waals surface area contributed by atoms with E-state index in [1.165, 1.54) is 13.1 Å². The van der Waals surface area contributed by atoms with E-state index in [9.17, 15) is 31.1 Å². The number of nitrogens with zero attached hydrogens (tertiary/aromatic N) is 4. The number of piperazine rings is 1. The number of likely N-dealkylation sites (N-methyl/N-ethyl adjacent to an activating group) is 1. The summed E-state index contributed by atoms with van der Waals surface area (Å²) in [5.41, 5.74) is -5.09. The van der Waals surface area contributed by atoms with Crippen LogP contribution in [0.4, 0.5) is 32.0 Å². The number of halogens is 6. The number of hydrogen-bond donors (Lipinski definition) is 1. The highest BCUT2D eigenvalue weighted by molar-refractivity contribution is 5.99. The van der Waals surface area contributed by atoms with Crippen LogP contribution in [-0.4, -0.2) is 53.9 Å². The molecule has 1 atom stereocenters. The van der Waals surface area contributed by atoms with Gasteiger partial charge in [0, 0.05) is 32.4 Å². The zero-order valence-corrected chi connectivity index (χ0v) is 17.9. The standard InChI is InChI=1S/C21H23F6N5O/c1-19(17-5-3-4-6-29-17,31-9-7-30(2)8-10-31)18(33)32(28)16-12-14(20(22,23)24)11-15(13-16)21(25,26)27/h3-6,11-13H,7-10,28H2,1-2H3. The van der Waals surface area contributed by atoms with Crippen LogP contribution in [0.1, 0.15) is 23.7 Å². The highest BCUT2D eigenvalue weighted by Crippen LogP contribution is 2.39. The SMILES string of the molecule is CN1CCN(C(C)(C(=O)N(N)c2cc(C(F)(F)F)cc(C(F)(F)F)c2)c2ccccn2)CC1. The summed E-state index contributed by atoms with van der Waals surface area (Å²) >= 11 is 0. The summed E-state index contributed by atoms with van der Waals surface area (Å²) in [6.07, 6.45) is -8.69. The quantitative estimate of drug-likeness (QED) is 0.318. The average molecular weight is 475 g/mol. The lowest BCUT2D eigenvalue weighted by Crippen LogP contribution is -2.62. The van der Waals surface area contributed by atoms with E-state index in [-0.39, 0.29) is 11.8 Å². The van der Waals surface area contributed by atoms with Gasteiger partial charge >= 0.3 is 12.4 Å². The van der Waals surface area contributed by atoms with Gasteiger partial charge in [-0.2, -0.15) is 26.3 Å². The van der Waals surface area contributed by atoms with Crippen molar-refractivity contribution in [2.75, 3.05) is 38.2 Å². The lowest BCUT2D eigenvalue weighted by molar-refractivity contribution is -0.143. The van der Waals surface area contributed by atoms with Gasteiger partial charge in [0.2, 0.25) is 0 Å². The molecule has 1 saturated heterocycles. The lowest BCUT2D eigenvalue weighted by Gasteiger charge is -2.44. The Bertz CT molecular complexity index is 957. The molecule has 0 bridgehead atoms. The summed E-state index contributed by atoms with van der Waals surface area (Å²) in [6, 6.07) is 5.67. The van der Waals surface area contributed by atoms with Gasteiger partial charge < -0.3 is 4.90 Å². The Hall–Kier alpha value is -2.70. The second kappa shape index (κ2) is 8.92. The molecule has 2 heterocycles. The maximum atomic E-state index is 13.6. The molecular weight excluding hydrogens is 452 g/mol. The minimum atomic E-state index is -5.07. The third-order valence-corrected chi connectivity index (χ3v) is 5.79. The van der Waals surface area contributed by atoms with E-state index in [1.54, 1.807) is 23.1 Å². The van der Waals surface area contributed by atoms with Gasteiger partial charge in [-0.05, 0) is 44.3 Å². The Morgan fingerprint density at radius 1 is 0.970 bits per heavy atom. The molecule has 1 aliphatic heterocycles. The van der Waals surface area contributed by atoms with E-state index in [0.29, 0.717) is 43.3 Å². The van der Waals surface area contributed by atoms with Gasteiger partial charge in [-0.1, -0.05) is 6.07 Å². The molecule has 0 aliphatic carbocycles. The van der Waals surface area contributed by atoms with Gasteiger partial charge in [0.05, 0.1) is 22.5 Å². The van der Waals surface area contributed by atoms with Crippen LogP contribution in [0.2, 0.25) is 0 Å². The number of hydrazine groups is 1. The van der Waals surface area contributed by atoms with Crippen molar-refractivity contribution in [3.63, 3.8) is 0 Å². The first kappa shape index (κ1) is 24.9. The average Bonchev–Trinajstić information content (AvgIpc) is 2.77. The Morgan fingerprint density at radius 3 is 1.97 bits per heavy atom. The number of benzene rings is 1. The van der Waals surface area contributed by atoms with Crippen LogP contribution in [0, 0.1) is 0 Å². The van der Waals surface area contributed by atoms with E-state index < -0.39 is 40.6 Å². The van der Waals surface area contributed by atoms with Crippen LogP contribution in [0.3, 0.4) is 0 Å². The normalized spacial score (nSPS) is 18.1. The van der Waals surface area contributed by atoms with Crippen molar-refractivity contribution in [2.24, 2.45) is 5.84 Å².